The zero-order valence-corrected chi connectivity index (χ0v) is 7.66. The molecule has 1 saturated carbocycles. The fourth-order valence-corrected chi connectivity index (χ4v) is 1.74. The van der Waals surface area contributed by atoms with E-state index >= 15 is 0 Å². The van der Waals surface area contributed by atoms with E-state index in [0.717, 1.165) is 0 Å². The zero-order chi connectivity index (χ0) is 10.1. The van der Waals surface area contributed by atoms with E-state index in [2.05, 4.69) is 6.58 Å². The van der Waals surface area contributed by atoms with Crippen molar-refractivity contribution < 1.29 is 14.3 Å². The monoisotopic (exact) mass is 190 g/mol. The average Bonchev–Trinajstić information content (AvgIpc) is 2.45. The molecule has 1 unspecified atom stereocenters. The lowest BCUT2D eigenvalue weighted by atomic mass is 10.1. The highest BCUT2D eigenvalue weighted by Crippen LogP contribution is 2.30. The maximum absolute atomic E-state index is 11.5. The molecule has 0 aromatic heterocycles. The van der Waals surface area contributed by atoms with Crippen LogP contribution in [0.25, 0.3) is 0 Å². The minimum absolute atomic E-state index is 0.413. The number of carbonyl (C=O) groups is 2. The Labute approximate surface area is 81.7 Å². The third kappa shape index (κ3) is 1.17. The number of ketones is 2. The number of hydrogen-bond donors (Lipinski definition) is 0. The van der Waals surface area contributed by atoms with Gasteiger partial charge in [0, 0.05) is 11.1 Å². The lowest BCUT2D eigenvalue weighted by Crippen LogP contribution is -2.19. The summed E-state index contributed by atoms with van der Waals surface area (Å²) in [6.45, 7) is 4.07. The van der Waals surface area contributed by atoms with Gasteiger partial charge in [-0.3, -0.25) is 9.59 Å². The number of Topliss-reactive ketones (excluding diaryl/α,β-unsaturated/α-hetero) is 2. The highest BCUT2D eigenvalue weighted by atomic mass is 16.5. The van der Waals surface area contributed by atoms with Crippen molar-refractivity contribution in [3.63, 3.8) is 0 Å². The minimum Gasteiger partial charge on any atom is -0.368 e. The second-order valence-corrected chi connectivity index (χ2v) is 3.21. The van der Waals surface area contributed by atoms with E-state index < -0.39 is 17.7 Å². The van der Waals surface area contributed by atoms with Crippen molar-refractivity contribution in [1.29, 1.82) is 0 Å². The van der Waals surface area contributed by atoms with Crippen molar-refractivity contribution in [3.8, 4) is 0 Å². The van der Waals surface area contributed by atoms with Crippen LogP contribution in [0.3, 0.4) is 0 Å². The number of ether oxygens (including phenoxy) is 1. The van der Waals surface area contributed by atoms with Crippen molar-refractivity contribution in [2.75, 3.05) is 6.61 Å². The number of hydrogen-bond acceptors (Lipinski definition) is 3. The molecule has 2 rings (SSSR count). The van der Waals surface area contributed by atoms with Crippen LogP contribution < -0.4 is 0 Å². The highest BCUT2D eigenvalue weighted by Gasteiger charge is 2.42. The second kappa shape index (κ2) is 3.35. The molecule has 3 nitrogen and oxygen atoms in total. The molecule has 0 radical (unpaired) electrons. The topological polar surface area (TPSA) is 43.4 Å². The summed E-state index contributed by atoms with van der Waals surface area (Å²) in [6, 6.07) is 0. The summed E-state index contributed by atoms with van der Waals surface area (Å²) < 4.78 is 5.38. The molecule has 72 valence electrons. The van der Waals surface area contributed by atoms with Crippen LogP contribution in [0.4, 0.5) is 0 Å². The van der Waals surface area contributed by atoms with Crippen LogP contribution in [0.5, 0.6) is 0 Å². The van der Waals surface area contributed by atoms with Crippen LogP contribution in [-0.2, 0) is 14.3 Å². The summed E-state index contributed by atoms with van der Waals surface area (Å²) in [5.41, 5.74) is 0.908. The van der Waals surface area contributed by atoms with Crippen LogP contribution in [-0.4, -0.2) is 24.3 Å². The third-order valence-corrected chi connectivity index (χ3v) is 2.36. The molecule has 0 saturated heterocycles. The van der Waals surface area contributed by atoms with Gasteiger partial charge in [0.2, 0.25) is 11.6 Å². The Morgan fingerprint density at radius 1 is 1.43 bits per heavy atom. The lowest BCUT2D eigenvalue weighted by molar-refractivity contribution is -0.130. The lowest BCUT2D eigenvalue weighted by Gasteiger charge is -2.17. The summed E-state index contributed by atoms with van der Waals surface area (Å²) in [5.74, 6) is -0.883. The molecule has 14 heavy (non-hydrogen) atoms. The van der Waals surface area contributed by atoms with E-state index in [-0.39, 0.29) is 0 Å². The molecule has 0 aromatic rings. The van der Waals surface area contributed by atoms with Crippen molar-refractivity contribution in [2.24, 2.45) is 0 Å². The molecular formula is C11H10O3. The van der Waals surface area contributed by atoms with Crippen molar-refractivity contribution in [1.82, 2.24) is 0 Å². The van der Waals surface area contributed by atoms with E-state index in [1.165, 1.54) is 6.08 Å². The maximum atomic E-state index is 11.5. The molecule has 3 heteroatoms. The largest absolute Gasteiger partial charge is 0.368 e. The highest BCUT2D eigenvalue weighted by molar-refractivity contribution is 6.53. The number of allylic oxidation sites excluding steroid dienone is 2. The fourth-order valence-electron chi connectivity index (χ4n) is 1.74. The number of fused-ring (bicyclic) bond motifs is 1. The number of carbonyl (C=O) groups excluding carboxylic acids is 2. The predicted octanol–water partition coefficient (Wildman–Crippen LogP) is 0.966. The van der Waals surface area contributed by atoms with Crippen molar-refractivity contribution in [2.45, 2.75) is 12.5 Å². The van der Waals surface area contributed by atoms with Crippen LogP contribution >= 0.6 is 0 Å². The molecular weight excluding hydrogens is 180 g/mol. The van der Waals surface area contributed by atoms with Crippen molar-refractivity contribution >= 4 is 11.6 Å². The summed E-state index contributed by atoms with van der Waals surface area (Å²) in [5, 5.41) is 0. The molecule has 0 spiro atoms. The Bertz CT molecular complexity index is 374. The van der Waals surface area contributed by atoms with Crippen molar-refractivity contribution in [3.05, 3.63) is 36.0 Å². The first-order chi connectivity index (χ1) is 6.75. The van der Waals surface area contributed by atoms with Gasteiger partial charge in [0.05, 0.1) is 6.61 Å². The quantitative estimate of drug-likeness (QED) is 0.457. The number of rotatable bonds is 1. The van der Waals surface area contributed by atoms with Gasteiger partial charge in [0.1, 0.15) is 6.10 Å². The Balaban J connectivity index is 2.47. The SMILES string of the molecule is C=CC=C1C(=O)C(=O)C2=CCCOC12. The van der Waals surface area contributed by atoms with Gasteiger partial charge in [-0.15, -0.1) is 0 Å². The first-order valence-electron chi connectivity index (χ1n) is 4.49. The van der Waals surface area contributed by atoms with Gasteiger partial charge in [-0.25, -0.2) is 0 Å². The summed E-state index contributed by atoms with van der Waals surface area (Å²) in [6.07, 6.45) is 5.10. The van der Waals surface area contributed by atoms with Crippen LogP contribution in [0.1, 0.15) is 6.42 Å². The molecule has 0 amide bonds. The molecule has 0 aromatic carbocycles. The minimum atomic E-state index is -0.456. The van der Waals surface area contributed by atoms with E-state index in [4.69, 9.17) is 4.74 Å². The van der Waals surface area contributed by atoms with Gasteiger partial charge in [-0.05, 0) is 6.42 Å². The Morgan fingerprint density at radius 2 is 2.21 bits per heavy atom. The van der Waals surface area contributed by atoms with Gasteiger partial charge in [0.15, 0.2) is 0 Å². The maximum Gasteiger partial charge on any atom is 0.232 e. The molecule has 1 atom stereocenters. The van der Waals surface area contributed by atoms with Gasteiger partial charge < -0.3 is 4.74 Å². The van der Waals surface area contributed by atoms with E-state index in [0.29, 0.717) is 24.2 Å². The first-order valence-corrected chi connectivity index (χ1v) is 4.49. The zero-order valence-electron chi connectivity index (χ0n) is 7.66. The van der Waals surface area contributed by atoms with Gasteiger partial charge in [-0.2, -0.15) is 0 Å². The van der Waals surface area contributed by atoms with Crippen LogP contribution in [0.2, 0.25) is 0 Å². The smallest absolute Gasteiger partial charge is 0.232 e. The summed E-state index contributed by atoms with van der Waals surface area (Å²) in [4.78, 5) is 22.9. The van der Waals surface area contributed by atoms with Crippen LogP contribution in [0, 0.1) is 0 Å². The predicted molar refractivity (Wildman–Crippen MR) is 50.7 cm³/mol. The third-order valence-electron chi connectivity index (χ3n) is 2.36. The van der Waals surface area contributed by atoms with Gasteiger partial charge >= 0.3 is 0 Å². The molecule has 2 aliphatic rings. The first kappa shape index (κ1) is 9.09. The van der Waals surface area contributed by atoms with Crippen LogP contribution in [0.15, 0.2) is 36.0 Å². The van der Waals surface area contributed by atoms with Gasteiger partial charge in [-0.1, -0.05) is 24.8 Å². The Morgan fingerprint density at radius 3 is 2.93 bits per heavy atom. The molecule has 1 aliphatic carbocycles. The average molecular weight is 190 g/mol. The standard InChI is InChI=1S/C11H10O3/c1-2-4-7-9(12)10(13)8-5-3-6-14-11(7)8/h2,4-5,11H,1,3,6H2. The molecule has 0 N–H and O–H groups in total. The Hall–Kier alpha value is -1.48. The van der Waals surface area contributed by atoms with E-state index in [1.807, 2.05) is 0 Å². The molecule has 1 heterocycles. The molecule has 0 bridgehead atoms. The summed E-state index contributed by atoms with van der Waals surface area (Å²) in [7, 11) is 0. The molecule has 1 fully saturated rings. The second-order valence-electron chi connectivity index (χ2n) is 3.21. The van der Waals surface area contributed by atoms with E-state index in [9.17, 15) is 9.59 Å². The Kier molecular flexibility index (Phi) is 2.17. The molecule has 1 aliphatic heterocycles. The summed E-state index contributed by atoms with van der Waals surface area (Å²) >= 11 is 0. The fraction of sp³-hybridized carbons (Fsp3) is 0.273. The van der Waals surface area contributed by atoms with E-state index in [1.54, 1.807) is 12.2 Å². The normalized spacial score (nSPS) is 29.0. The van der Waals surface area contributed by atoms with Gasteiger partial charge in [0.25, 0.3) is 0 Å².